The van der Waals surface area contributed by atoms with E-state index in [1.54, 1.807) is 0 Å². The number of piperazine rings is 1. The summed E-state index contributed by atoms with van der Waals surface area (Å²) in [5.74, 6) is 1.53. The normalized spacial score (nSPS) is 19.2. The predicted octanol–water partition coefficient (Wildman–Crippen LogP) is 2.74. The highest BCUT2D eigenvalue weighted by Crippen LogP contribution is 2.35. The molecule has 0 radical (unpaired) electrons. The van der Waals surface area contributed by atoms with Gasteiger partial charge in [0, 0.05) is 38.3 Å². The predicted molar refractivity (Wildman–Crippen MR) is 107 cm³/mol. The topological polar surface area (TPSA) is 74.2 Å². The molecule has 144 valence electrons. The van der Waals surface area contributed by atoms with Gasteiger partial charge in [0.1, 0.15) is 10.8 Å². The Kier molecular flexibility index (Phi) is 5.94. The van der Waals surface area contributed by atoms with E-state index in [9.17, 15) is 4.79 Å². The third-order valence-electron chi connectivity index (χ3n) is 5.35. The van der Waals surface area contributed by atoms with Crippen molar-refractivity contribution in [3.05, 3.63) is 29.4 Å². The van der Waals surface area contributed by atoms with Crippen LogP contribution in [0.25, 0.3) is 0 Å². The van der Waals surface area contributed by atoms with E-state index in [0.717, 1.165) is 37.0 Å². The first-order valence-corrected chi connectivity index (χ1v) is 10.6. The first-order valence-electron chi connectivity index (χ1n) is 9.79. The zero-order valence-corrected chi connectivity index (χ0v) is 16.3. The monoisotopic (exact) mass is 386 g/mol. The molecule has 2 aromatic heterocycles. The second-order valence-corrected chi connectivity index (χ2v) is 8.29. The molecule has 0 spiro atoms. The number of aromatic nitrogens is 3. The highest BCUT2D eigenvalue weighted by Gasteiger charge is 2.22. The van der Waals surface area contributed by atoms with Crippen LogP contribution >= 0.6 is 11.3 Å². The average molecular weight is 387 g/mol. The Bertz CT molecular complexity index is 738. The lowest BCUT2D eigenvalue weighted by Crippen LogP contribution is -2.48. The Morgan fingerprint density at radius 1 is 1.11 bits per heavy atom. The second-order valence-electron chi connectivity index (χ2n) is 7.28. The van der Waals surface area contributed by atoms with Crippen LogP contribution in [0, 0.1) is 0 Å². The van der Waals surface area contributed by atoms with Crippen LogP contribution in [0.5, 0.6) is 0 Å². The minimum Gasteiger partial charge on any atom is -0.354 e. The molecule has 2 fully saturated rings. The number of nitrogens with one attached hydrogen (secondary N) is 1. The quantitative estimate of drug-likeness (QED) is 0.852. The number of hydrogen-bond donors (Lipinski definition) is 1. The third-order valence-corrected chi connectivity index (χ3v) is 6.36. The van der Waals surface area contributed by atoms with Crippen molar-refractivity contribution in [3.63, 3.8) is 0 Å². The van der Waals surface area contributed by atoms with Crippen LogP contribution in [-0.4, -0.2) is 58.7 Å². The van der Waals surface area contributed by atoms with Gasteiger partial charge >= 0.3 is 0 Å². The van der Waals surface area contributed by atoms with Crippen LogP contribution in [-0.2, 0) is 4.79 Å². The molecule has 2 aliphatic rings. The SMILES string of the molecule is O=C(CN1CCN(c2ccccn2)CC1)Nc1nnc(C2CCCCC2)s1. The van der Waals surface area contributed by atoms with Crippen molar-refractivity contribution in [1.29, 1.82) is 0 Å². The number of hydrogen-bond acceptors (Lipinski definition) is 7. The summed E-state index contributed by atoms with van der Waals surface area (Å²) in [5, 5.41) is 13.1. The van der Waals surface area contributed by atoms with Crippen molar-refractivity contribution in [3.8, 4) is 0 Å². The fourth-order valence-electron chi connectivity index (χ4n) is 3.84. The summed E-state index contributed by atoms with van der Waals surface area (Å²) in [4.78, 5) is 21.2. The van der Waals surface area contributed by atoms with Crippen LogP contribution in [0.15, 0.2) is 24.4 Å². The van der Waals surface area contributed by atoms with Crippen LogP contribution in [0.3, 0.4) is 0 Å². The minimum absolute atomic E-state index is 0.00682. The zero-order chi connectivity index (χ0) is 18.5. The molecule has 2 aromatic rings. The summed E-state index contributed by atoms with van der Waals surface area (Å²) >= 11 is 1.54. The maximum Gasteiger partial charge on any atom is 0.240 e. The van der Waals surface area contributed by atoms with Gasteiger partial charge in [-0.3, -0.25) is 15.0 Å². The molecule has 27 heavy (non-hydrogen) atoms. The van der Waals surface area contributed by atoms with Crippen molar-refractivity contribution in [1.82, 2.24) is 20.1 Å². The van der Waals surface area contributed by atoms with Gasteiger partial charge in [-0.25, -0.2) is 4.98 Å². The van der Waals surface area contributed by atoms with Gasteiger partial charge in [0.25, 0.3) is 0 Å². The van der Waals surface area contributed by atoms with Crippen molar-refractivity contribution in [2.45, 2.75) is 38.0 Å². The number of amides is 1. The van der Waals surface area contributed by atoms with Crippen LogP contribution in [0.1, 0.15) is 43.0 Å². The van der Waals surface area contributed by atoms with Crippen molar-refractivity contribution >= 4 is 28.2 Å². The maximum absolute atomic E-state index is 12.4. The van der Waals surface area contributed by atoms with Gasteiger partial charge in [-0.1, -0.05) is 36.7 Å². The van der Waals surface area contributed by atoms with E-state index in [2.05, 4.69) is 30.3 Å². The molecule has 1 saturated heterocycles. The van der Waals surface area contributed by atoms with E-state index in [-0.39, 0.29) is 5.91 Å². The van der Waals surface area contributed by atoms with Crippen molar-refractivity contribution < 1.29 is 4.79 Å². The van der Waals surface area contributed by atoms with E-state index in [1.807, 2.05) is 24.4 Å². The molecular weight excluding hydrogens is 360 g/mol. The molecular formula is C19H26N6OS. The number of pyridine rings is 1. The second kappa shape index (κ2) is 8.75. The highest BCUT2D eigenvalue weighted by molar-refractivity contribution is 7.15. The Labute approximate surface area is 163 Å². The largest absolute Gasteiger partial charge is 0.354 e. The molecule has 0 aromatic carbocycles. The van der Waals surface area contributed by atoms with Crippen molar-refractivity contribution in [2.24, 2.45) is 0 Å². The molecule has 1 N–H and O–H groups in total. The van der Waals surface area contributed by atoms with Crippen LogP contribution < -0.4 is 10.2 Å². The lowest BCUT2D eigenvalue weighted by atomic mass is 9.90. The Morgan fingerprint density at radius 3 is 2.67 bits per heavy atom. The summed E-state index contributed by atoms with van der Waals surface area (Å²) < 4.78 is 0. The van der Waals surface area contributed by atoms with Crippen molar-refractivity contribution in [2.75, 3.05) is 42.9 Å². The molecule has 0 unspecified atom stereocenters. The molecule has 3 heterocycles. The summed E-state index contributed by atoms with van der Waals surface area (Å²) in [7, 11) is 0. The van der Waals surface area contributed by atoms with Gasteiger partial charge in [0.2, 0.25) is 11.0 Å². The number of carbonyl (C=O) groups excluding carboxylic acids is 1. The number of carbonyl (C=O) groups is 1. The van der Waals surface area contributed by atoms with E-state index >= 15 is 0 Å². The first kappa shape index (κ1) is 18.3. The van der Waals surface area contributed by atoms with Gasteiger partial charge < -0.3 is 4.90 Å². The molecule has 7 nitrogen and oxygen atoms in total. The lowest BCUT2D eigenvalue weighted by Gasteiger charge is -2.34. The van der Waals surface area contributed by atoms with E-state index in [4.69, 9.17) is 0 Å². The van der Waals surface area contributed by atoms with E-state index in [0.29, 0.717) is 17.6 Å². The summed E-state index contributed by atoms with van der Waals surface area (Å²) in [6.07, 6.45) is 8.09. The van der Waals surface area contributed by atoms with Gasteiger partial charge in [-0.2, -0.15) is 0 Å². The zero-order valence-electron chi connectivity index (χ0n) is 15.5. The summed E-state index contributed by atoms with van der Waals surface area (Å²) in [6, 6.07) is 5.96. The number of nitrogens with zero attached hydrogens (tertiary/aromatic N) is 5. The Balaban J connectivity index is 1.24. The first-order chi connectivity index (χ1) is 13.3. The molecule has 0 atom stereocenters. The Hall–Kier alpha value is -2.06. The van der Waals surface area contributed by atoms with Gasteiger partial charge in [0.15, 0.2) is 0 Å². The van der Waals surface area contributed by atoms with E-state index in [1.165, 1.54) is 43.4 Å². The number of anilines is 2. The molecule has 1 aliphatic heterocycles. The Morgan fingerprint density at radius 2 is 1.93 bits per heavy atom. The highest BCUT2D eigenvalue weighted by atomic mass is 32.1. The maximum atomic E-state index is 12.4. The van der Waals surface area contributed by atoms with Gasteiger partial charge in [0.05, 0.1) is 6.54 Å². The molecule has 4 rings (SSSR count). The summed E-state index contributed by atoms with van der Waals surface area (Å²) in [6.45, 7) is 3.87. The van der Waals surface area contributed by atoms with Crippen LogP contribution in [0.4, 0.5) is 10.9 Å². The van der Waals surface area contributed by atoms with Gasteiger partial charge in [-0.15, -0.1) is 10.2 Å². The van der Waals surface area contributed by atoms with Crippen LogP contribution in [0.2, 0.25) is 0 Å². The molecule has 1 aliphatic carbocycles. The molecule has 0 bridgehead atoms. The fourth-order valence-corrected chi connectivity index (χ4v) is 4.77. The standard InChI is InChI=1S/C19H26N6OS/c26-17(21-19-23-22-18(27-19)15-6-2-1-3-7-15)14-24-10-12-25(13-11-24)16-8-4-5-9-20-16/h4-5,8-9,15H,1-3,6-7,10-14H2,(H,21,23,26). The lowest BCUT2D eigenvalue weighted by molar-refractivity contribution is -0.117. The molecule has 8 heteroatoms. The molecule has 1 saturated carbocycles. The fraction of sp³-hybridized carbons (Fsp3) is 0.579. The third kappa shape index (κ3) is 4.81. The molecule has 1 amide bonds. The van der Waals surface area contributed by atoms with Gasteiger partial charge in [-0.05, 0) is 25.0 Å². The minimum atomic E-state index is -0.00682. The smallest absolute Gasteiger partial charge is 0.240 e. The summed E-state index contributed by atoms with van der Waals surface area (Å²) in [5.41, 5.74) is 0. The average Bonchev–Trinajstić information content (AvgIpc) is 3.18. The number of rotatable bonds is 5. The van der Waals surface area contributed by atoms with E-state index < -0.39 is 0 Å².